The van der Waals surface area contributed by atoms with Crippen LogP contribution in [0, 0.1) is 0 Å². The van der Waals surface area contributed by atoms with Crippen molar-refractivity contribution in [2.75, 3.05) is 6.61 Å². The summed E-state index contributed by atoms with van der Waals surface area (Å²) < 4.78 is 5.00. The summed E-state index contributed by atoms with van der Waals surface area (Å²) in [7, 11) is -1.20. The summed E-state index contributed by atoms with van der Waals surface area (Å²) in [4.78, 5) is 22.7. The van der Waals surface area contributed by atoms with Crippen LogP contribution in [0.4, 0.5) is 0 Å². The highest BCUT2D eigenvalue weighted by Gasteiger charge is 2.21. The topological polar surface area (TPSA) is 63.6 Å². The molecule has 0 amide bonds. The minimum atomic E-state index is -1.20. The largest absolute Gasteiger partial charge is 0.466 e. The zero-order valence-corrected chi connectivity index (χ0v) is 12.5. The average Bonchev–Trinajstić information content (AvgIpc) is 1.96. The summed E-state index contributed by atoms with van der Waals surface area (Å²) in [5.74, 6) is -0.770. The lowest BCUT2D eigenvalue weighted by Gasteiger charge is -2.16. The Bertz CT molecular complexity index is 273. The second kappa shape index (κ2) is 6.30. The molecule has 0 aromatic heterocycles. The van der Waals surface area contributed by atoms with Crippen LogP contribution in [-0.2, 0) is 14.3 Å². The van der Waals surface area contributed by atoms with Crippen LogP contribution < -0.4 is 0 Å². The molecule has 0 aliphatic carbocycles. The molecule has 0 fully saturated rings. The van der Waals surface area contributed by atoms with Crippen LogP contribution in [0.3, 0.4) is 0 Å². The molecule has 0 aromatic carbocycles. The van der Waals surface area contributed by atoms with Crippen molar-refractivity contribution < 1.29 is 19.4 Å². The lowest BCUT2D eigenvalue weighted by atomic mass is 10.0. The first kappa shape index (κ1) is 16.3. The van der Waals surface area contributed by atoms with E-state index in [1.807, 2.05) is 0 Å². The van der Waals surface area contributed by atoms with Crippen LogP contribution in [0.5, 0.6) is 0 Å². The van der Waals surface area contributed by atoms with Crippen molar-refractivity contribution in [1.82, 2.24) is 0 Å². The molecule has 0 saturated carbocycles. The molecule has 0 radical (unpaired) electrons. The van der Waals surface area contributed by atoms with E-state index in [0.717, 1.165) is 6.04 Å². The quantitative estimate of drug-likeness (QED) is 0.432. The Morgan fingerprint density at radius 1 is 1.24 bits per heavy atom. The highest BCUT2D eigenvalue weighted by Crippen LogP contribution is 2.11. The van der Waals surface area contributed by atoms with E-state index in [0.29, 0.717) is 6.61 Å². The molecule has 17 heavy (non-hydrogen) atoms. The first-order valence-corrected chi connectivity index (χ1v) is 9.60. The van der Waals surface area contributed by atoms with Crippen molar-refractivity contribution in [3.05, 3.63) is 0 Å². The number of carbonyl (C=O) groups is 2. The number of aliphatic hydroxyl groups is 1. The Kier molecular flexibility index (Phi) is 6.05. The number of Topliss-reactive ketones (excluding diaryl/α,β-unsaturated/α-hetero) is 1. The third-order valence-electron chi connectivity index (χ3n) is 2.09. The van der Waals surface area contributed by atoms with Crippen LogP contribution in [0.15, 0.2) is 0 Å². The van der Waals surface area contributed by atoms with Gasteiger partial charge < -0.3 is 9.84 Å². The fourth-order valence-corrected chi connectivity index (χ4v) is 1.94. The minimum Gasteiger partial charge on any atom is -0.466 e. The van der Waals surface area contributed by atoms with Gasteiger partial charge in [0.2, 0.25) is 0 Å². The maximum Gasteiger partial charge on any atom is 0.313 e. The summed E-state index contributed by atoms with van der Waals surface area (Å²) in [6.45, 7) is 10.1. The Morgan fingerprint density at radius 3 is 2.18 bits per heavy atom. The van der Waals surface area contributed by atoms with Gasteiger partial charge in [0.25, 0.3) is 0 Å². The molecule has 0 atom stereocenters. The van der Waals surface area contributed by atoms with E-state index in [4.69, 9.17) is 4.74 Å². The summed E-state index contributed by atoms with van der Waals surface area (Å²) in [5.41, 5.74) is -1.06. The van der Waals surface area contributed by atoms with Crippen molar-refractivity contribution in [3.8, 4) is 0 Å². The molecule has 0 heterocycles. The van der Waals surface area contributed by atoms with Crippen molar-refractivity contribution in [1.29, 1.82) is 0 Å². The third-order valence-corrected chi connectivity index (χ3v) is 3.79. The highest BCUT2D eigenvalue weighted by molar-refractivity contribution is 6.76. The number of hydrogen-bond acceptors (Lipinski definition) is 4. The first-order valence-electron chi connectivity index (χ1n) is 5.89. The summed E-state index contributed by atoms with van der Waals surface area (Å²) in [6, 6.07) is 0.901. The number of carbonyl (C=O) groups excluding carboxylic acids is 2. The van der Waals surface area contributed by atoms with Gasteiger partial charge in [-0.2, -0.15) is 0 Å². The zero-order valence-electron chi connectivity index (χ0n) is 11.5. The van der Waals surface area contributed by atoms with Gasteiger partial charge in [-0.25, -0.2) is 0 Å². The molecule has 0 aliphatic rings. The molecule has 0 aliphatic heterocycles. The minimum absolute atomic E-state index is 0.0177. The van der Waals surface area contributed by atoms with Crippen molar-refractivity contribution >= 4 is 19.8 Å². The SMILES string of the molecule is CC(C)(O)CC(=O)CC(=O)OCC[Si](C)(C)C. The average molecular weight is 260 g/mol. The van der Waals surface area contributed by atoms with Gasteiger partial charge >= 0.3 is 5.97 Å². The molecular weight excluding hydrogens is 236 g/mol. The number of hydrogen-bond donors (Lipinski definition) is 1. The second-order valence-corrected chi connectivity index (χ2v) is 11.9. The molecule has 0 spiro atoms. The monoisotopic (exact) mass is 260 g/mol. The van der Waals surface area contributed by atoms with E-state index in [-0.39, 0.29) is 18.6 Å². The van der Waals surface area contributed by atoms with E-state index in [1.54, 1.807) is 13.8 Å². The van der Waals surface area contributed by atoms with E-state index < -0.39 is 19.6 Å². The molecule has 0 rings (SSSR count). The maximum atomic E-state index is 11.4. The van der Waals surface area contributed by atoms with Crippen molar-refractivity contribution in [2.45, 2.75) is 58.0 Å². The van der Waals surface area contributed by atoms with E-state index in [1.165, 1.54) is 0 Å². The van der Waals surface area contributed by atoms with Gasteiger partial charge in [-0.15, -0.1) is 0 Å². The molecule has 1 N–H and O–H groups in total. The number of ketones is 1. The Morgan fingerprint density at radius 2 is 1.76 bits per heavy atom. The van der Waals surface area contributed by atoms with Gasteiger partial charge in [-0.05, 0) is 19.9 Å². The van der Waals surface area contributed by atoms with Gasteiger partial charge in [-0.3, -0.25) is 9.59 Å². The number of esters is 1. The van der Waals surface area contributed by atoms with E-state index in [9.17, 15) is 14.7 Å². The highest BCUT2D eigenvalue weighted by atomic mass is 28.3. The molecule has 0 bridgehead atoms. The lowest BCUT2D eigenvalue weighted by molar-refractivity contribution is -0.146. The van der Waals surface area contributed by atoms with Crippen molar-refractivity contribution in [3.63, 3.8) is 0 Å². The molecular formula is C12H24O4Si. The van der Waals surface area contributed by atoms with Crippen LogP contribution >= 0.6 is 0 Å². The molecule has 0 unspecified atom stereocenters. The third kappa shape index (κ3) is 11.6. The van der Waals surface area contributed by atoms with Crippen LogP contribution in [0.2, 0.25) is 25.7 Å². The number of rotatable bonds is 7. The molecule has 5 heteroatoms. The lowest BCUT2D eigenvalue weighted by Crippen LogP contribution is -2.26. The van der Waals surface area contributed by atoms with Gasteiger partial charge in [-0.1, -0.05) is 19.6 Å². The molecule has 0 aromatic rings. The van der Waals surface area contributed by atoms with E-state index in [2.05, 4.69) is 19.6 Å². The normalized spacial score (nSPS) is 12.4. The predicted octanol–water partition coefficient (Wildman–Crippen LogP) is 1.99. The smallest absolute Gasteiger partial charge is 0.313 e. The summed E-state index contributed by atoms with van der Waals surface area (Å²) in [6.07, 6.45) is -0.258. The summed E-state index contributed by atoms with van der Waals surface area (Å²) in [5, 5.41) is 9.42. The van der Waals surface area contributed by atoms with Crippen molar-refractivity contribution in [2.24, 2.45) is 0 Å². The van der Waals surface area contributed by atoms with Crippen LogP contribution in [0.25, 0.3) is 0 Å². The van der Waals surface area contributed by atoms with Gasteiger partial charge in [0.15, 0.2) is 0 Å². The zero-order chi connectivity index (χ0) is 13.7. The molecule has 0 saturated heterocycles. The van der Waals surface area contributed by atoms with Crippen LogP contribution in [-0.4, -0.2) is 37.1 Å². The maximum absolute atomic E-state index is 11.4. The predicted molar refractivity (Wildman–Crippen MR) is 69.7 cm³/mol. The second-order valence-electron chi connectivity index (χ2n) is 6.24. The fourth-order valence-electron chi connectivity index (χ4n) is 1.23. The fraction of sp³-hybridized carbons (Fsp3) is 0.833. The molecule has 4 nitrogen and oxygen atoms in total. The Hall–Kier alpha value is -0.683. The molecule has 100 valence electrons. The Labute approximate surface area is 104 Å². The van der Waals surface area contributed by atoms with Gasteiger partial charge in [0, 0.05) is 14.5 Å². The summed E-state index contributed by atoms with van der Waals surface area (Å²) >= 11 is 0. The van der Waals surface area contributed by atoms with E-state index >= 15 is 0 Å². The standard InChI is InChI=1S/C12H24O4Si/c1-12(2,15)9-10(13)8-11(14)16-6-7-17(3,4)5/h15H,6-9H2,1-5H3. The Balaban J connectivity index is 3.84. The van der Waals surface area contributed by atoms with Crippen LogP contribution in [0.1, 0.15) is 26.7 Å². The van der Waals surface area contributed by atoms with Gasteiger partial charge in [0.1, 0.15) is 12.2 Å². The number of ether oxygens (including phenoxy) is 1. The first-order chi connectivity index (χ1) is 7.49. The van der Waals surface area contributed by atoms with Gasteiger partial charge in [0.05, 0.1) is 12.2 Å².